The van der Waals surface area contributed by atoms with Gasteiger partial charge < -0.3 is 9.88 Å². The van der Waals surface area contributed by atoms with Gasteiger partial charge in [0.1, 0.15) is 5.82 Å². The van der Waals surface area contributed by atoms with Crippen LogP contribution in [0.4, 0.5) is 0 Å². The van der Waals surface area contributed by atoms with Crippen LogP contribution in [0.3, 0.4) is 0 Å². The zero-order valence-corrected chi connectivity index (χ0v) is 12.0. The number of aromatic nitrogens is 2. The smallest absolute Gasteiger partial charge is 0.155 e. The maximum Gasteiger partial charge on any atom is 0.155 e. The zero-order chi connectivity index (χ0) is 13.3. The molecule has 1 aromatic carbocycles. The molecule has 0 spiro atoms. The van der Waals surface area contributed by atoms with Crippen molar-refractivity contribution in [2.45, 2.75) is 20.4 Å². The molecule has 3 nitrogen and oxygen atoms in total. The molecule has 0 saturated carbocycles. The fourth-order valence-corrected chi connectivity index (χ4v) is 2.52. The minimum atomic E-state index is 0.565. The highest BCUT2D eigenvalue weighted by Gasteiger charge is 2.15. The van der Waals surface area contributed by atoms with E-state index in [2.05, 4.69) is 46.9 Å². The minimum Gasteiger partial charge on any atom is -0.329 e. The predicted octanol–water partition coefficient (Wildman–Crippen LogP) is 3.08. The first-order valence-corrected chi connectivity index (χ1v) is 6.35. The lowest BCUT2D eigenvalue weighted by Gasteiger charge is -2.09. The minimum absolute atomic E-state index is 0.565. The lowest BCUT2D eigenvalue weighted by atomic mass is 10.0. The predicted molar refractivity (Wildman–Crippen MR) is 75.9 cm³/mol. The van der Waals surface area contributed by atoms with E-state index in [1.54, 1.807) is 0 Å². The van der Waals surface area contributed by atoms with Crippen molar-refractivity contribution in [3.05, 3.63) is 40.3 Å². The van der Waals surface area contributed by atoms with E-state index in [0.717, 1.165) is 17.1 Å². The molecule has 0 saturated heterocycles. The van der Waals surface area contributed by atoms with Gasteiger partial charge in [-0.05, 0) is 26.5 Å². The fraction of sp³-hybridized carbons (Fsp3) is 0.357. The number of rotatable bonds is 3. The van der Waals surface area contributed by atoms with Gasteiger partial charge in [0.2, 0.25) is 0 Å². The van der Waals surface area contributed by atoms with Crippen LogP contribution in [-0.4, -0.2) is 16.6 Å². The first kappa shape index (κ1) is 13.1. The monoisotopic (exact) mass is 263 g/mol. The van der Waals surface area contributed by atoms with Crippen molar-refractivity contribution in [2.75, 3.05) is 7.05 Å². The Morgan fingerprint density at radius 3 is 2.67 bits per heavy atom. The molecule has 0 unspecified atom stereocenters. The molecule has 1 N–H and O–H groups in total. The fourth-order valence-electron chi connectivity index (χ4n) is 2.20. The molecule has 0 aliphatic carbocycles. The second-order valence-corrected chi connectivity index (χ2v) is 4.93. The second-order valence-electron chi connectivity index (χ2n) is 4.58. The molecular formula is C14H18ClN3. The third-order valence-electron chi connectivity index (χ3n) is 3.12. The summed E-state index contributed by atoms with van der Waals surface area (Å²) in [4.78, 5) is 4.41. The number of halogens is 1. The summed E-state index contributed by atoms with van der Waals surface area (Å²) in [5.74, 6) is 0.942. The van der Waals surface area contributed by atoms with Crippen LogP contribution in [0.15, 0.2) is 18.2 Å². The normalized spacial score (nSPS) is 10.9. The van der Waals surface area contributed by atoms with Gasteiger partial charge in [-0.1, -0.05) is 35.4 Å². The molecule has 2 aromatic rings. The Kier molecular flexibility index (Phi) is 3.73. The third kappa shape index (κ3) is 2.28. The highest BCUT2D eigenvalue weighted by atomic mass is 35.5. The standard InChI is InChI=1S/C14H18ClN3/c1-9-5-6-11(10(2)7-9)13-14(15)17-12(8-16-3)18(13)4/h5-7,16H,8H2,1-4H3. The number of nitrogens with zero attached hydrogens (tertiary/aromatic N) is 2. The van der Waals surface area contributed by atoms with Crippen molar-refractivity contribution in [1.29, 1.82) is 0 Å². The number of hydrogen-bond acceptors (Lipinski definition) is 2. The molecule has 18 heavy (non-hydrogen) atoms. The van der Waals surface area contributed by atoms with E-state index in [1.165, 1.54) is 11.1 Å². The average molecular weight is 264 g/mol. The van der Waals surface area contributed by atoms with Gasteiger partial charge in [0.25, 0.3) is 0 Å². The van der Waals surface area contributed by atoms with Gasteiger partial charge in [-0.25, -0.2) is 4.98 Å². The average Bonchev–Trinajstić information content (AvgIpc) is 2.56. The van der Waals surface area contributed by atoms with E-state index in [1.807, 2.05) is 14.1 Å². The maximum atomic E-state index is 6.27. The Hall–Kier alpha value is -1.32. The third-order valence-corrected chi connectivity index (χ3v) is 3.38. The Morgan fingerprint density at radius 2 is 2.06 bits per heavy atom. The first-order valence-electron chi connectivity index (χ1n) is 5.98. The quantitative estimate of drug-likeness (QED) is 0.922. The van der Waals surface area contributed by atoms with Crippen LogP contribution in [0, 0.1) is 13.8 Å². The molecule has 0 bridgehead atoms. The van der Waals surface area contributed by atoms with E-state index >= 15 is 0 Å². The van der Waals surface area contributed by atoms with Gasteiger partial charge in [-0.2, -0.15) is 0 Å². The molecule has 1 aromatic heterocycles. The lowest BCUT2D eigenvalue weighted by molar-refractivity contribution is 0.712. The molecule has 2 rings (SSSR count). The summed E-state index contributed by atoms with van der Waals surface area (Å²) in [6, 6.07) is 6.37. The summed E-state index contributed by atoms with van der Waals surface area (Å²) in [5, 5.41) is 3.66. The summed E-state index contributed by atoms with van der Waals surface area (Å²) < 4.78 is 2.05. The van der Waals surface area contributed by atoms with Crippen LogP contribution in [0.1, 0.15) is 17.0 Å². The number of aryl methyl sites for hydroxylation is 2. The molecule has 1 heterocycles. The van der Waals surface area contributed by atoms with Crippen LogP contribution in [0.2, 0.25) is 5.15 Å². The molecule has 0 radical (unpaired) electrons. The van der Waals surface area contributed by atoms with Gasteiger partial charge in [-0.15, -0.1) is 0 Å². The Morgan fingerprint density at radius 1 is 1.33 bits per heavy atom. The van der Waals surface area contributed by atoms with Crippen molar-refractivity contribution < 1.29 is 0 Å². The van der Waals surface area contributed by atoms with Crippen molar-refractivity contribution in [2.24, 2.45) is 7.05 Å². The highest BCUT2D eigenvalue weighted by molar-refractivity contribution is 6.32. The van der Waals surface area contributed by atoms with Crippen LogP contribution < -0.4 is 5.32 Å². The van der Waals surface area contributed by atoms with Crippen molar-refractivity contribution in [1.82, 2.24) is 14.9 Å². The van der Waals surface area contributed by atoms with E-state index in [4.69, 9.17) is 11.6 Å². The van der Waals surface area contributed by atoms with Crippen molar-refractivity contribution in [3.63, 3.8) is 0 Å². The largest absolute Gasteiger partial charge is 0.329 e. The SMILES string of the molecule is CNCc1nc(Cl)c(-c2ccc(C)cc2C)n1C. The molecule has 4 heteroatoms. The van der Waals surface area contributed by atoms with Crippen LogP contribution in [0.25, 0.3) is 11.3 Å². The Bertz CT molecular complexity index is 573. The Labute approximate surface area is 113 Å². The number of nitrogens with one attached hydrogen (secondary N) is 1. The second kappa shape index (κ2) is 5.12. The molecule has 96 valence electrons. The molecule has 0 aliphatic rings. The zero-order valence-electron chi connectivity index (χ0n) is 11.2. The summed E-state index contributed by atoms with van der Waals surface area (Å²) in [7, 11) is 3.90. The van der Waals surface area contributed by atoms with Crippen molar-refractivity contribution >= 4 is 11.6 Å². The van der Waals surface area contributed by atoms with Crippen LogP contribution in [-0.2, 0) is 13.6 Å². The summed E-state index contributed by atoms with van der Waals surface area (Å²) in [6.45, 7) is 4.90. The van der Waals surface area contributed by atoms with Crippen LogP contribution >= 0.6 is 11.6 Å². The summed E-state index contributed by atoms with van der Waals surface area (Å²) in [6.07, 6.45) is 0. The highest BCUT2D eigenvalue weighted by Crippen LogP contribution is 2.30. The van der Waals surface area contributed by atoms with Gasteiger partial charge in [-0.3, -0.25) is 0 Å². The van der Waals surface area contributed by atoms with Crippen molar-refractivity contribution in [3.8, 4) is 11.3 Å². The van der Waals surface area contributed by atoms with Gasteiger partial charge in [0.15, 0.2) is 5.15 Å². The molecule has 0 aliphatic heterocycles. The number of imidazole rings is 1. The lowest BCUT2D eigenvalue weighted by Crippen LogP contribution is -2.10. The molecule has 0 atom stereocenters. The summed E-state index contributed by atoms with van der Waals surface area (Å²) >= 11 is 6.27. The molecular weight excluding hydrogens is 246 g/mol. The topological polar surface area (TPSA) is 29.9 Å². The van der Waals surface area contributed by atoms with Gasteiger partial charge in [0.05, 0.1) is 12.2 Å². The molecule has 0 fully saturated rings. The van der Waals surface area contributed by atoms with Gasteiger partial charge >= 0.3 is 0 Å². The molecule has 0 amide bonds. The maximum absolute atomic E-state index is 6.27. The van der Waals surface area contributed by atoms with Gasteiger partial charge in [0, 0.05) is 12.6 Å². The van der Waals surface area contributed by atoms with Crippen LogP contribution in [0.5, 0.6) is 0 Å². The number of hydrogen-bond donors (Lipinski definition) is 1. The Balaban J connectivity index is 2.56. The van der Waals surface area contributed by atoms with E-state index < -0.39 is 0 Å². The van der Waals surface area contributed by atoms with E-state index in [-0.39, 0.29) is 0 Å². The van der Waals surface area contributed by atoms with E-state index in [0.29, 0.717) is 11.7 Å². The number of benzene rings is 1. The van der Waals surface area contributed by atoms with E-state index in [9.17, 15) is 0 Å². The summed E-state index contributed by atoms with van der Waals surface area (Å²) in [5.41, 5.74) is 4.60. The first-order chi connectivity index (χ1) is 8.54.